The summed E-state index contributed by atoms with van der Waals surface area (Å²) >= 11 is 0. The van der Waals surface area contributed by atoms with Crippen molar-refractivity contribution in [2.75, 3.05) is 6.61 Å². The summed E-state index contributed by atoms with van der Waals surface area (Å²) in [7, 11) is 0. The maximum atomic E-state index is 11.5. The second-order valence-corrected chi connectivity index (χ2v) is 5.23. The van der Waals surface area contributed by atoms with Gasteiger partial charge in [-0.1, -0.05) is 0 Å². The molecule has 1 amide bonds. The summed E-state index contributed by atoms with van der Waals surface area (Å²) in [6.45, 7) is 8.33. The lowest BCUT2D eigenvalue weighted by Crippen LogP contribution is -2.38. The third-order valence-corrected chi connectivity index (χ3v) is 2.51. The predicted octanol–water partition coefficient (Wildman–Crippen LogP) is 2.47. The van der Waals surface area contributed by atoms with Crippen molar-refractivity contribution in [2.45, 2.75) is 64.7 Å². The minimum Gasteiger partial charge on any atom is -0.444 e. The van der Waals surface area contributed by atoms with Gasteiger partial charge in [-0.15, -0.1) is 0 Å². The van der Waals surface area contributed by atoms with Crippen molar-refractivity contribution in [1.29, 1.82) is 0 Å². The van der Waals surface area contributed by atoms with Gasteiger partial charge in [-0.2, -0.15) is 0 Å². The van der Waals surface area contributed by atoms with Crippen LogP contribution in [0.4, 0.5) is 4.79 Å². The standard InChI is InChI=1S/C12H23NO3/c1-5-15-10-7-6-9(8-10)13-11(14)16-12(2,3)4/h9-10H,5-8H2,1-4H3,(H,13,14)/t9-,10+/m1/s1. The summed E-state index contributed by atoms with van der Waals surface area (Å²) in [5, 5.41) is 2.88. The van der Waals surface area contributed by atoms with Gasteiger partial charge in [0.25, 0.3) is 0 Å². The maximum Gasteiger partial charge on any atom is 0.407 e. The highest BCUT2D eigenvalue weighted by Gasteiger charge is 2.27. The van der Waals surface area contributed by atoms with Gasteiger partial charge in [-0.05, 0) is 47.0 Å². The highest BCUT2D eigenvalue weighted by Crippen LogP contribution is 2.22. The Kier molecular flexibility index (Phi) is 4.59. The van der Waals surface area contributed by atoms with E-state index in [4.69, 9.17) is 9.47 Å². The SMILES string of the molecule is CCO[C@H]1CC[C@@H](NC(=O)OC(C)(C)C)C1. The molecular weight excluding hydrogens is 206 g/mol. The average molecular weight is 229 g/mol. The molecule has 4 heteroatoms. The van der Waals surface area contributed by atoms with E-state index in [2.05, 4.69) is 5.32 Å². The number of hydrogen-bond acceptors (Lipinski definition) is 3. The van der Waals surface area contributed by atoms with E-state index in [9.17, 15) is 4.79 Å². The zero-order chi connectivity index (χ0) is 12.2. The molecule has 0 saturated heterocycles. The van der Waals surface area contributed by atoms with Gasteiger partial charge in [0, 0.05) is 12.6 Å². The number of carbonyl (C=O) groups is 1. The Bertz CT molecular complexity index is 235. The van der Waals surface area contributed by atoms with Crippen LogP contribution in [0.15, 0.2) is 0 Å². The Hall–Kier alpha value is -0.770. The molecule has 0 unspecified atom stereocenters. The summed E-state index contributed by atoms with van der Waals surface area (Å²) in [5.41, 5.74) is -0.429. The van der Waals surface area contributed by atoms with Crippen molar-refractivity contribution in [3.63, 3.8) is 0 Å². The van der Waals surface area contributed by atoms with E-state index in [0.717, 1.165) is 25.9 Å². The van der Waals surface area contributed by atoms with Crippen LogP contribution in [0.1, 0.15) is 47.0 Å². The van der Waals surface area contributed by atoms with Crippen LogP contribution in [0.5, 0.6) is 0 Å². The van der Waals surface area contributed by atoms with E-state index in [1.165, 1.54) is 0 Å². The molecule has 0 aliphatic heterocycles. The highest BCUT2D eigenvalue weighted by molar-refractivity contribution is 5.68. The van der Waals surface area contributed by atoms with Crippen LogP contribution in [0, 0.1) is 0 Å². The molecule has 2 atom stereocenters. The lowest BCUT2D eigenvalue weighted by atomic mass is 10.2. The molecule has 1 saturated carbocycles. The largest absolute Gasteiger partial charge is 0.444 e. The number of ether oxygens (including phenoxy) is 2. The first-order valence-corrected chi connectivity index (χ1v) is 6.02. The van der Waals surface area contributed by atoms with Gasteiger partial charge in [0.2, 0.25) is 0 Å². The number of carbonyl (C=O) groups excluding carboxylic acids is 1. The van der Waals surface area contributed by atoms with E-state index in [0.29, 0.717) is 6.10 Å². The minimum atomic E-state index is -0.429. The van der Waals surface area contributed by atoms with Gasteiger partial charge in [-0.3, -0.25) is 0 Å². The Balaban J connectivity index is 2.26. The van der Waals surface area contributed by atoms with Gasteiger partial charge >= 0.3 is 6.09 Å². The van der Waals surface area contributed by atoms with Crippen molar-refractivity contribution >= 4 is 6.09 Å². The first kappa shape index (κ1) is 13.3. The average Bonchev–Trinajstić information content (AvgIpc) is 2.49. The number of amides is 1. The Morgan fingerprint density at radius 1 is 1.38 bits per heavy atom. The van der Waals surface area contributed by atoms with Crippen molar-refractivity contribution in [3.8, 4) is 0 Å². The monoisotopic (exact) mass is 229 g/mol. The van der Waals surface area contributed by atoms with Crippen LogP contribution in [-0.2, 0) is 9.47 Å². The molecule has 16 heavy (non-hydrogen) atoms. The minimum absolute atomic E-state index is 0.200. The third kappa shape index (κ3) is 4.84. The zero-order valence-electron chi connectivity index (χ0n) is 10.7. The van der Waals surface area contributed by atoms with E-state index < -0.39 is 5.60 Å². The number of hydrogen-bond donors (Lipinski definition) is 1. The number of alkyl carbamates (subject to hydrolysis) is 1. The fourth-order valence-corrected chi connectivity index (χ4v) is 1.93. The summed E-state index contributed by atoms with van der Waals surface area (Å²) < 4.78 is 10.7. The van der Waals surface area contributed by atoms with E-state index in [1.807, 2.05) is 27.7 Å². The Labute approximate surface area is 97.7 Å². The third-order valence-electron chi connectivity index (χ3n) is 2.51. The van der Waals surface area contributed by atoms with Crippen LogP contribution < -0.4 is 5.32 Å². The van der Waals surface area contributed by atoms with Crippen molar-refractivity contribution in [2.24, 2.45) is 0 Å². The van der Waals surface area contributed by atoms with Crippen molar-refractivity contribution in [1.82, 2.24) is 5.32 Å². The lowest BCUT2D eigenvalue weighted by Gasteiger charge is -2.21. The smallest absolute Gasteiger partial charge is 0.407 e. The molecule has 0 aromatic heterocycles. The first-order valence-electron chi connectivity index (χ1n) is 6.02. The van der Waals surface area contributed by atoms with Crippen LogP contribution in [0.3, 0.4) is 0 Å². The zero-order valence-corrected chi connectivity index (χ0v) is 10.7. The van der Waals surface area contributed by atoms with Crippen LogP contribution in [0.2, 0.25) is 0 Å². The molecule has 1 aliphatic carbocycles. The molecule has 0 bridgehead atoms. The topological polar surface area (TPSA) is 47.6 Å². The molecule has 0 aromatic carbocycles. The molecule has 1 rings (SSSR count). The molecule has 1 N–H and O–H groups in total. The first-order chi connectivity index (χ1) is 7.40. The maximum absolute atomic E-state index is 11.5. The van der Waals surface area contributed by atoms with E-state index in [-0.39, 0.29) is 12.1 Å². The highest BCUT2D eigenvalue weighted by atomic mass is 16.6. The fraction of sp³-hybridized carbons (Fsp3) is 0.917. The van der Waals surface area contributed by atoms with Crippen LogP contribution in [0.25, 0.3) is 0 Å². The van der Waals surface area contributed by atoms with Gasteiger partial charge in [0.05, 0.1) is 6.10 Å². The van der Waals surface area contributed by atoms with Crippen molar-refractivity contribution < 1.29 is 14.3 Å². The lowest BCUT2D eigenvalue weighted by molar-refractivity contribution is 0.0481. The fourth-order valence-electron chi connectivity index (χ4n) is 1.93. The molecule has 0 heterocycles. The molecule has 0 radical (unpaired) electrons. The summed E-state index contributed by atoms with van der Waals surface area (Å²) in [6.07, 6.45) is 2.87. The van der Waals surface area contributed by atoms with Gasteiger partial charge in [0.1, 0.15) is 5.60 Å². The number of nitrogens with one attached hydrogen (secondary N) is 1. The molecule has 0 spiro atoms. The van der Waals surface area contributed by atoms with E-state index in [1.54, 1.807) is 0 Å². The predicted molar refractivity (Wildman–Crippen MR) is 62.4 cm³/mol. The van der Waals surface area contributed by atoms with Crippen LogP contribution >= 0.6 is 0 Å². The molecule has 0 aromatic rings. The Morgan fingerprint density at radius 2 is 2.06 bits per heavy atom. The molecule has 4 nitrogen and oxygen atoms in total. The second-order valence-electron chi connectivity index (χ2n) is 5.23. The van der Waals surface area contributed by atoms with Gasteiger partial charge < -0.3 is 14.8 Å². The molecular formula is C12H23NO3. The van der Waals surface area contributed by atoms with Crippen molar-refractivity contribution in [3.05, 3.63) is 0 Å². The summed E-state index contributed by atoms with van der Waals surface area (Å²) in [5.74, 6) is 0. The summed E-state index contributed by atoms with van der Waals surface area (Å²) in [6, 6.07) is 0.200. The van der Waals surface area contributed by atoms with E-state index >= 15 is 0 Å². The molecule has 94 valence electrons. The number of rotatable bonds is 3. The molecule has 1 fully saturated rings. The van der Waals surface area contributed by atoms with Gasteiger partial charge in [-0.25, -0.2) is 4.79 Å². The summed E-state index contributed by atoms with van der Waals surface area (Å²) in [4.78, 5) is 11.5. The normalized spacial score (nSPS) is 25.5. The second kappa shape index (κ2) is 5.53. The quantitative estimate of drug-likeness (QED) is 0.808. The van der Waals surface area contributed by atoms with Gasteiger partial charge in [0.15, 0.2) is 0 Å². The Morgan fingerprint density at radius 3 is 2.62 bits per heavy atom. The molecule has 1 aliphatic rings. The van der Waals surface area contributed by atoms with Crippen LogP contribution in [-0.4, -0.2) is 30.4 Å².